The summed E-state index contributed by atoms with van der Waals surface area (Å²) in [6.07, 6.45) is 1.81. The van der Waals surface area contributed by atoms with Gasteiger partial charge in [-0.15, -0.1) is 0 Å². The van der Waals surface area contributed by atoms with E-state index in [1.807, 2.05) is 45.3 Å². The number of hydrogen-bond donors (Lipinski definition) is 0. The molecule has 0 spiro atoms. The molecule has 0 N–H and O–H groups in total. The molecular weight excluding hydrogens is 302 g/mol. The van der Waals surface area contributed by atoms with Crippen LogP contribution in [0.15, 0.2) is 41.1 Å². The molecule has 3 heterocycles. The van der Waals surface area contributed by atoms with Gasteiger partial charge in [-0.25, -0.2) is 4.98 Å². The molecule has 0 aliphatic heterocycles. The number of aromatic nitrogens is 4. The third-order valence-electron chi connectivity index (χ3n) is 4.10. The van der Waals surface area contributed by atoms with E-state index in [0.717, 1.165) is 27.8 Å². The zero-order valence-electron chi connectivity index (χ0n) is 13.8. The van der Waals surface area contributed by atoms with Crippen molar-refractivity contribution in [3.8, 4) is 0 Å². The van der Waals surface area contributed by atoms with Crippen molar-refractivity contribution in [3.05, 3.63) is 53.6 Å². The van der Waals surface area contributed by atoms with Crippen LogP contribution in [0.1, 0.15) is 17.1 Å². The molecule has 6 nitrogen and oxygen atoms in total. The molecule has 0 saturated carbocycles. The second-order valence-electron chi connectivity index (χ2n) is 5.89. The van der Waals surface area contributed by atoms with E-state index in [0.29, 0.717) is 18.1 Å². The minimum absolute atomic E-state index is 0.529. The van der Waals surface area contributed by atoms with Gasteiger partial charge in [0, 0.05) is 25.2 Å². The highest BCUT2D eigenvalue weighted by Crippen LogP contribution is 2.28. The van der Waals surface area contributed by atoms with E-state index in [-0.39, 0.29) is 0 Å². The van der Waals surface area contributed by atoms with Gasteiger partial charge in [0.05, 0.1) is 11.2 Å². The lowest BCUT2D eigenvalue weighted by atomic mass is 10.1. The molecule has 3 aromatic heterocycles. The summed E-state index contributed by atoms with van der Waals surface area (Å²) in [4.78, 5) is 15.5. The molecule has 0 radical (unpaired) electrons. The Bertz CT molecular complexity index is 1030. The van der Waals surface area contributed by atoms with E-state index in [4.69, 9.17) is 4.52 Å². The molecular formula is C18H17N5O. The first-order valence-electron chi connectivity index (χ1n) is 7.78. The third kappa shape index (κ3) is 2.36. The van der Waals surface area contributed by atoms with Crippen LogP contribution in [-0.4, -0.2) is 27.2 Å². The van der Waals surface area contributed by atoms with E-state index in [1.165, 1.54) is 5.56 Å². The van der Waals surface area contributed by atoms with Crippen LogP contribution in [0, 0.1) is 13.8 Å². The minimum Gasteiger partial charge on any atom is -0.355 e. The first kappa shape index (κ1) is 14.6. The average Bonchev–Trinajstić information content (AvgIpc) is 2.95. The Balaban J connectivity index is 1.79. The number of pyridine rings is 1. The van der Waals surface area contributed by atoms with Gasteiger partial charge in [0.15, 0.2) is 0 Å². The highest BCUT2D eigenvalue weighted by atomic mass is 16.5. The number of benzene rings is 1. The van der Waals surface area contributed by atoms with Gasteiger partial charge in [-0.05, 0) is 31.5 Å². The summed E-state index contributed by atoms with van der Waals surface area (Å²) in [5.41, 5.74) is 3.52. The molecule has 4 rings (SSSR count). The molecule has 6 heteroatoms. The maximum Gasteiger partial charge on any atom is 0.263 e. The fourth-order valence-corrected chi connectivity index (χ4v) is 2.98. The van der Waals surface area contributed by atoms with E-state index >= 15 is 0 Å². The lowest BCUT2D eigenvalue weighted by Gasteiger charge is -2.20. The van der Waals surface area contributed by atoms with Crippen LogP contribution < -0.4 is 4.90 Å². The Hall–Kier alpha value is -3.02. The molecule has 1 aromatic carbocycles. The molecule has 0 amide bonds. The molecule has 0 fully saturated rings. The standard InChI is InChI=1S/C18H17N5O/c1-11-16-17(20-12(2)21-18(16)24-22-11)23(3)10-13-6-4-8-15-14(13)7-5-9-19-15/h4-9H,10H2,1-3H3. The Labute approximate surface area is 139 Å². The number of rotatable bonds is 3. The first-order valence-corrected chi connectivity index (χ1v) is 7.78. The van der Waals surface area contributed by atoms with Gasteiger partial charge < -0.3 is 9.42 Å². The Morgan fingerprint density at radius 2 is 1.96 bits per heavy atom. The lowest BCUT2D eigenvalue weighted by molar-refractivity contribution is 0.442. The van der Waals surface area contributed by atoms with Gasteiger partial charge in [0.2, 0.25) is 0 Å². The monoisotopic (exact) mass is 319 g/mol. The molecule has 0 aliphatic rings. The predicted octanol–water partition coefficient (Wildman–Crippen LogP) is 3.42. The van der Waals surface area contributed by atoms with Crippen molar-refractivity contribution in [1.29, 1.82) is 0 Å². The normalized spacial score (nSPS) is 11.3. The average molecular weight is 319 g/mol. The summed E-state index contributed by atoms with van der Waals surface area (Å²) >= 11 is 0. The molecule has 4 aromatic rings. The zero-order chi connectivity index (χ0) is 16.7. The molecule has 0 bridgehead atoms. The third-order valence-corrected chi connectivity index (χ3v) is 4.10. The topological polar surface area (TPSA) is 67.9 Å². The fraction of sp³-hybridized carbons (Fsp3) is 0.222. The number of nitrogens with zero attached hydrogens (tertiary/aromatic N) is 5. The number of aryl methyl sites for hydroxylation is 2. The predicted molar refractivity (Wildman–Crippen MR) is 92.9 cm³/mol. The van der Waals surface area contributed by atoms with Crippen molar-refractivity contribution in [2.45, 2.75) is 20.4 Å². The highest BCUT2D eigenvalue weighted by molar-refractivity contribution is 5.88. The van der Waals surface area contributed by atoms with E-state index in [9.17, 15) is 0 Å². The van der Waals surface area contributed by atoms with Crippen LogP contribution >= 0.6 is 0 Å². The summed E-state index contributed by atoms with van der Waals surface area (Å²) in [5.74, 6) is 1.50. The highest BCUT2D eigenvalue weighted by Gasteiger charge is 2.17. The molecule has 0 aliphatic carbocycles. The molecule has 0 atom stereocenters. The zero-order valence-corrected chi connectivity index (χ0v) is 13.8. The quantitative estimate of drug-likeness (QED) is 0.576. The van der Waals surface area contributed by atoms with Crippen molar-refractivity contribution in [2.75, 3.05) is 11.9 Å². The fourth-order valence-electron chi connectivity index (χ4n) is 2.98. The smallest absolute Gasteiger partial charge is 0.263 e. The molecule has 120 valence electrons. The maximum absolute atomic E-state index is 5.30. The number of fused-ring (bicyclic) bond motifs is 2. The first-order chi connectivity index (χ1) is 11.6. The van der Waals surface area contributed by atoms with Gasteiger partial charge in [0.1, 0.15) is 17.0 Å². The summed E-state index contributed by atoms with van der Waals surface area (Å²) in [6.45, 7) is 4.47. The second-order valence-corrected chi connectivity index (χ2v) is 5.89. The van der Waals surface area contributed by atoms with Gasteiger partial charge >= 0.3 is 0 Å². The number of hydrogen-bond acceptors (Lipinski definition) is 6. The second kappa shape index (κ2) is 5.56. The van der Waals surface area contributed by atoms with E-state index < -0.39 is 0 Å². The van der Waals surface area contributed by atoms with Crippen LogP contribution in [0.25, 0.3) is 22.0 Å². The van der Waals surface area contributed by atoms with E-state index in [2.05, 4.69) is 37.1 Å². The van der Waals surface area contributed by atoms with Crippen LogP contribution in [0.5, 0.6) is 0 Å². The summed E-state index contributed by atoms with van der Waals surface area (Å²) in [6, 6.07) is 10.2. The molecule has 0 saturated heterocycles. The number of anilines is 1. The van der Waals surface area contributed by atoms with Gasteiger partial charge in [-0.3, -0.25) is 4.98 Å². The van der Waals surface area contributed by atoms with Gasteiger partial charge in [-0.2, -0.15) is 4.98 Å². The Morgan fingerprint density at radius 1 is 1.08 bits per heavy atom. The van der Waals surface area contributed by atoms with E-state index in [1.54, 1.807) is 0 Å². The summed E-state index contributed by atoms with van der Waals surface area (Å²) in [7, 11) is 2.02. The molecule has 0 unspecified atom stereocenters. The Morgan fingerprint density at radius 3 is 2.83 bits per heavy atom. The largest absolute Gasteiger partial charge is 0.355 e. The van der Waals surface area contributed by atoms with Crippen LogP contribution in [-0.2, 0) is 6.54 Å². The minimum atomic E-state index is 0.529. The van der Waals surface area contributed by atoms with Gasteiger partial charge in [-0.1, -0.05) is 23.4 Å². The summed E-state index contributed by atoms with van der Waals surface area (Å²) < 4.78 is 5.30. The van der Waals surface area contributed by atoms with Gasteiger partial charge in [0.25, 0.3) is 5.71 Å². The Kier molecular flexibility index (Phi) is 3.37. The maximum atomic E-state index is 5.30. The van der Waals surface area contributed by atoms with Crippen molar-refractivity contribution in [3.63, 3.8) is 0 Å². The van der Waals surface area contributed by atoms with Crippen molar-refractivity contribution >= 4 is 27.8 Å². The summed E-state index contributed by atoms with van der Waals surface area (Å²) in [5, 5.41) is 6.03. The van der Waals surface area contributed by atoms with Crippen molar-refractivity contribution in [2.24, 2.45) is 0 Å². The molecule has 24 heavy (non-hydrogen) atoms. The van der Waals surface area contributed by atoms with Crippen molar-refractivity contribution < 1.29 is 4.52 Å². The van der Waals surface area contributed by atoms with Crippen LogP contribution in [0.3, 0.4) is 0 Å². The lowest BCUT2D eigenvalue weighted by Crippen LogP contribution is -2.19. The van der Waals surface area contributed by atoms with Crippen LogP contribution in [0.4, 0.5) is 5.82 Å². The van der Waals surface area contributed by atoms with Crippen LogP contribution in [0.2, 0.25) is 0 Å². The van der Waals surface area contributed by atoms with Crippen molar-refractivity contribution in [1.82, 2.24) is 20.1 Å². The SMILES string of the molecule is Cc1nc(N(C)Cc2cccc3ncccc23)c2c(C)noc2n1.